The Kier molecular flexibility index (Phi) is 4.35. The van der Waals surface area contributed by atoms with Crippen molar-refractivity contribution in [2.75, 3.05) is 25.5 Å². The average Bonchev–Trinajstić information content (AvgIpc) is 3.21. The van der Waals surface area contributed by atoms with Crippen LogP contribution in [0.2, 0.25) is 0 Å². The third-order valence-corrected chi connectivity index (χ3v) is 5.91. The van der Waals surface area contributed by atoms with Gasteiger partial charge in [0, 0.05) is 30.4 Å². The van der Waals surface area contributed by atoms with Crippen molar-refractivity contribution in [2.45, 2.75) is 36.9 Å². The van der Waals surface area contributed by atoms with Crippen LogP contribution in [0.3, 0.4) is 0 Å². The van der Waals surface area contributed by atoms with Crippen LogP contribution in [0.5, 0.6) is 5.75 Å². The zero-order valence-corrected chi connectivity index (χ0v) is 16.3. The lowest BCUT2D eigenvalue weighted by molar-refractivity contribution is -0.162. The number of imidazole rings is 1. The van der Waals surface area contributed by atoms with E-state index in [2.05, 4.69) is 25.7 Å². The van der Waals surface area contributed by atoms with E-state index in [4.69, 9.17) is 4.74 Å². The number of anilines is 1. The van der Waals surface area contributed by atoms with Gasteiger partial charge in [0.2, 0.25) is 0 Å². The molecule has 10 heteroatoms. The van der Waals surface area contributed by atoms with Crippen LogP contribution >= 0.6 is 0 Å². The summed E-state index contributed by atoms with van der Waals surface area (Å²) in [5.74, 6) is 0.764. The number of rotatable bonds is 5. The van der Waals surface area contributed by atoms with E-state index >= 15 is 0 Å². The van der Waals surface area contributed by atoms with Crippen LogP contribution < -0.4 is 15.4 Å². The smallest absolute Gasteiger partial charge is 0.400 e. The van der Waals surface area contributed by atoms with Crippen LogP contribution in [0, 0.1) is 0 Å². The molecule has 0 bridgehead atoms. The molecule has 2 aliphatic rings. The minimum atomic E-state index is -4.39. The van der Waals surface area contributed by atoms with Gasteiger partial charge in [-0.3, -0.25) is 0 Å². The first-order chi connectivity index (χ1) is 14.4. The van der Waals surface area contributed by atoms with Gasteiger partial charge in [-0.15, -0.1) is 0 Å². The summed E-state index contributed by atoms with van der Waals surface area (Å²) in [6, 6.07) is 5.40. The molecule has 0 aromatic carbocycles. The van der Waals surface area contributed by atoms with Crippen LogP contribution in [0.25, 0.3) is 16.9 Å². The predicted molar refractivity (Wildman–Crippen MR) is 105 cm³/mol. The first-order valence-corrected chi connectivity index (χ1v) is 9.85. The van der Waals surface area contributed by atoms with Crippen molar-refractivity contribution in [1.29, 1.82) is 0 Å². The van der Waals surface area contributed by atoms with Gasteiger partial charge < -0.3 is 15.4 Å². The number of methoxy groups -OCH3 is 1. The molecule has 7 nitrogen and oxygen atoms in total. The highest BCUT2D eigenvalue weighted by Gasteiger charge is 2.66. The van der Waals surface area contributed by atoms with Gasteiger partial charge in [-0.2, -0.15) is 18.3 Å². The number of alkyl halides is 3. The topological polar surface area (TPSA) is 76.4 Å². The molecule has 2 fully saturated rings. The van der Waals surface area contributed by atoms with E-state index in [9.17, 15) is 13.2 Å². The summed E-state index contributed by atoms with van der Waals surface area (Å²) in [7, 11) is 1.35. The maximum atomic E-state index is 13.8. The van der Waals surface area contributed by atoms with Gasteiger partial charge in [-0.25, -0.2) is 14.5 Å². The van der Waals surface area contributed by atoms with E-state index < -0.39 is 11.6 Å². The number of halogens is 3. The summed E-state index contributed by atoms with van der Waals surface area (Å²) in [6.45, 7) is 1.76. The summed E-state index contributed by atoms with van der Waals surface area (Å²) in [4.78, 5) is 8.80. The van der Waals surface area contributed by atoms with E-state index in [0.29, 0.717) is 17.2 Å². The third kappa shape index (κ3) is 2.97. The first kappa shape index (κ1) is 19.1. The summed E-state index contributed by atoms with van der Waals surface area (Å²) in [6.07, 6.45) is -0.126. The van der Waals surface area contributed by atoms with Gasteiger partial charge >= 0.3 is 6.18 Å². The molecular formula is C20H21F3N6O. The second-order valence-corrected chi connectivity index (χ2v) is 7.79. The van der Waals surface area contributed by atoms with Gasteiger partial charge in [-0.05, 0) is 37.9 Å². The largest absolute Gasteiger partial charge is 0.495 e. The van der Waals surface area contributed by atoms with Crippen LogP contribution in [0.1, 0.15) is 25.0 Å². The molecule has 1 atom stereocenters. The van der Waals surface area contributed by atoms with Crippen LogP contribution in [-0.2, 0) is 5.41 Å². The number of nitrogens with zero attached hydrogens (tertiary/aromatic N) is 4. The lowest BCUT2D eigenvalue weighted by atomic mass is 10.0. The van der Waals surface area contributed by atoms with Gasteiger partial charge in [0.05, 0.1) is 19.0 Å². The highest BCUT2D eigenvalue weighted by molar-refractivity contribution is 5.74. The zero-order valence-electron chi connectivity index (χ0n) is 16.3. The van der Waals surface area contributed by atoms with E-state index in [1.54, 1.807) is 18.5 Å². The number of aromatic nitrogens is 4. The fourth-order valence-electron chi connectivity index (χ4n) is 4.05. The zero-order chi connectivity index (χ0) is 20.9. The van der Waals surface area contributed by atoms with Crippen LogP contribution in [-0.4, -0.2) is 52.0 Å². The molecule has 0 radical (unpaired) electrons. The molecule has 0 spiro atoms. The molecule has 1 aliphatic heterocycles. The second-order valence-electron chi connectivity index (χ2n) is 7.79. The standard InChI is InChI=1S/C20H21F3N6O/c1-30-15-9-16-26-11-14(29(16)28-17(15)19(5-6-19)20(21,22)23)13-3-2-7-25-18(13)27-12-4-8-24-10-12/h2-3,7,9,11-12,24H,4-6,8,10H2,1H3,(H,25,27)/t12-/m1/s1. The van der Waals surface area contributed by atoms with Crippen LogP contribution in [0.15, 0.2) is 30.6 Å². The average molecular weight is 418 g/mol. The number of hydrogen-bond donors (Lipinski definition) is 2. The Bertz CT molecular complexity index is 1090. The number of ether oxygens (including phenoxy) is 1. The second kappa shape index (κ2) is 6.83. The molecule has 5 rings (SSSR count). The van der Waals surface area contributed by atoms with Crippen molar-refractivity contribution in [2.24, 2.45) is 0 Å². The summed E-state index contributed by atoms with van der Waals surface area (Å²) < 4.78 is 48.1. The molecule has 3 aromatic rings. The molecule has 2 N–H and O–H groups in total. The van der Waals surface area contributed by atoms with Crippen molar-refractivity contribution in [3.63, 3.8) is 0 Å². The van der Waals surface area contributed by atoms with Crippen molar-refractivity contribution in [3.05, 3.63) is 36.3 Å². The molecule has 3 aromatic heterocycles. The SMILES string of the molecule is COc1cc2ncc(-c3cccnc3N[C@@H]3CCNC3)n2nc1C1(C(F)(F)F)CC1. The van der Waals surface area contributed by atoms with E-state index in [1.165, 1.54) is 17.7 Å². The molecule has 4 heterocycles. The minimum absolute atomic E-state index is 0.00375. The normalized spacial score (nSPS) is 20.5. The highest BCUT2D eigenvalue weighted by atomic mass is 19.4. The molecular weight excluding hydrogens is 397 g/mol. The summed E-state index contributed by atoms with van der Waals surface area (Å²) in [5.41, 5.74) is -0.325. The molecule has 1 saturated heterocycles. The minimum Gasteiger partial charge on any atom is -0.495 e. The molecule has 0 amide bonds. The van der Waals surface area contributed by atoms with Gasteiger partial charge in [0.1, 0.15) is 22.7 Å². The fraction of sp³-hybridized carbons (Fsp3) is 0.450. The van der Waals surface area contributed by atoms with Crippen molar-refractivity contribution < 1.29 is 17.9 Å². The monoisotopic (exact) mass is 418 g/mol. The van der Waals surface area contributed by atoms with E-state index in [-0.39, 0.29) is 30.3 Å². The molecule has 158 valence electrons. The van der Waals surface area contributed by atoms with Crippen molar-refractivity contribution >= 4 is 11.5 Å². The van der Waals surface area contributed by atoms with Gasteiger partial charge in [0.15, 0.2) is 5.65 Å². The quantitative estimate of drug-likeness (QED) is 0.663. The predicted octanol–water partition coefficient (Wildman–Crippen LogP) is 3.17. The van der Waals surface area contributed by atoms with Crippen molar-refractivity contribution in [1.82, 2.24) is 24.9 Å². The Hall–Kier alpha value is -2.88. The van der Waals surface area contributed by atoms with Crippen LogP contribution in [0.4, 0.5) is 19.0 Å². The molecule has 30 heavy (non-hydrogen) atoms. The Balaban J connectivity index is 1.63. The van der Waals surface area contributed by atoms with E-state index in [1.807, 2.05) is 6.07 Å². The third-order valence-electron chi connectivity index (χ3n) is 5.91. The highest BCUT2D eigenvalue weighted by Crippen LogP contribution is 2.60. The summed E-state index contributed by atoms with van der Waals surface area (Å²) in [5, 5.41) is 11.1. The fourth-order valence-corrected chi connectivity index (χ4v) is 4.05. The number of nitrogens with one attached hydrogen (secondary N) is 2. The van der Waals surface area contributed by atoms with Gasteiger partial charge in [0.25, 0.3) is 0 Å². The lowest BCUT2D eigenvalue weighted by Gasteiger charge is -2.21. The molecule has 1 aliphatic carbocycles. The Morgan fingerprint density at radius 3 is 2.80 bits per heavy atom. The number of pyridine rings is 1. The first-order valence-electron chi connectivity index (χ1n) is 9.85. The molecule has 0 unspecified atom stereocenters. The maximum Gasteiger partial charge on any atom is 0.400 e. The van der Waals surface area contributed by atoms with Gasteiger partial charge in [-0.1, -0.05) is 0 Å². The number of fused-ring (bicyclic) bond motifs is 1. The Labute approximate surface area is 170 Å². The van der Waals surface area contributed by atoms with Crippen molar-refractivity contribution in [3.8, 4) is 17.0 Å². The maximum absolute atomic E-state index is 13.8. The lowest BCUT2D eigenvalue weighted by Crippen LogP contribution is -2.30. The molecule has 1 saturated carbocycles. The Morgan fingerprint density at radius 2 is 2.13 bits per heavy atom. The number of hydrogen-bond acceptors (Lipinski definition) is 6. The van der Waals surface area contributed by atoms with E-state index in [0.717, 1.165) is 25.1 Å². The Morgan fingerprint density at radius 1 is 1.30 bits per heavy atom. The summed E-state index contributed by atoms with van der Waals surface area (Å²) >= 11 is 0.